The Morgan fingerprint density at radius 3 is 2.48 bits per heavy atom. The van der Waals surface area contributed by atoms with Crippen molar-refractivity contribution in [3.05, 3.63) is 29.8 Å². The second-order valence-corrected chi connectivity index (χ2v) is 10.0. The van der Waals surface area contributed by atoms with E-state index in [-0.39, 0.29) is 30.1 Å². The van der Waals surface area contributed by atoms with Gasteiger partial charge in [-0.05, 0) is 63.5 Å². The lowest BCUT2D eigenvalue weighted by Gasteiger charge is -2.30. The number of rotatable bonds is 9. The van der Waals surface area contributed by atoms with Crippen molar-refractivity contribution in [3.8, 4) is 0 Å². The van der Waals surface area contributed by atoms with Crippen molar-refractivity contribution in [1.82, 2.24) is 9.80 Å². The summed E-state index contributed by atoms with van der Waals surface area (Å²) < 4.78 is 30.7. The van der Waals surface area contributed by atoms with Crippen LogP contribution in [0.1, 0.15) is 49.9 Å². The van der Waals surface area contributed by atoms with Crippen molar-refractivity contribution in [2.45, 2.75) is 45.6 Å². The number of hydrogen-bond donors (Lipinski definition) is 0. The van der Waals surface area contributed by atoms with Gasteiger partial charge in [-0.25, -0.2) is 8.42 Å². The van der Waals surface area contributed by atoms with Gasteiger partial charge >= 0.3 is 5.97 Å². The number of sulfonamides is 1. The number of hydrogen-bond acceptors (Lipinski definition) is 6. The summed E-state index contributed by atoms with van der Waals surface area (Å²) in [6, 6.07) is 7.01. The molecule has 0 aliphatic carbocycles. The van der Waals surface area contributed by atoms with Crippen molar-refractivity contribution < 1.29 is 22.7 Å². The molecule has 0 spiro atoms. The molecule has 0 unspecified atom stereocenters. The Labute approximate surface area is 185 Å². The summed E-state index contributed by atoms with van der Waals surface area (Å²) in [5, 5.41) is 0. The molecule has 1 aromatic rings. The van der Waals surface area contributed by atoms with Crippen molar-refractivity contribution in [2.75, 3.05) is 49.4 Å². The fraction of sp³-hybridized carbons (Fsp3) is 0.636. The molecule has 2 aliphatic heterocycles. The Morgan fingerprint density at radius 2 is 1.87 bits per heavy atom. The van der Waals surface area contributed by atoms with E-state index in [2.05, 4.69) is 11.8 Å². The van der Waals surface area contributed by atoms with Crippen LogP contribution in [0.2, 0.25) is 0 Å². The number of likely N-dealkylation sites (N-methyl/N-ethyl adjacent to an activating group) is 1. The van der Waals surface area contributed by atoms with Crippen LogP contribution < -0.4 is 4.31 Å². The molecular weight excluding hydrogens is 418 g/mol. The molecule has 1 atom stereocenters. The summed E-state index contributed by atoms with van der Waals surface area (Å²) in [5.74, 6) is -0.304. The van der Waals surface area contributed by atoms with Crippen LogP contribution in [0.3, 0.4) is 0 Å². The average molecular weight is 452 g/mol. The molecule has 0 bridgehead atoms. The van der Waals surface area contributed by atoms with Crippen LogP contribution in [0.4, 0.5) is 5.69 Å². The first-order valence-electron chi connectivity index (χ1n) is 11.1. The fourth-order valence-electron chi connectivity index (χ4n) is 4.39. The number of nitrogens with zero attached hydrogens (tertiary/aromatic N) is 3. The van der Waals surface area contributed by atoms with Crippen LogP contribution in [-0.4, -0.2) is 81.2 Å². The van der Waals surface area contributed by atoms with Gasteiger partial charge in [0.1, 0.15) is 0 Å². The number of amides is 1. The monoisotopic (exact) mass is 451 g/mol. The highest BCUT2D eigenvalue weighted by Crippen LogP contribution is 2.25. The molecule has 2 aliphatic rings. The van der Waals surface area contributed by atoms with Crippen molar-refractivity contribution >= 4 is 27.6 Å². The predicted molar refractivity (Wildman–Crippen MR) is 120 cm³/mol. The number of anilines is 1. The molecule has 0 saturated carbocycles. The SMILES string of the molecule is CCOC(=O)CCN(C[C@@H]1CCCN1CC)C(=O)c1ccc(N2CCCS2(=O)=O)cc1. The van der Waals surface area contributed by atoms with E-state index in [1.165, 1.54) is 4.31 Å². The minimum Gasteiger partial charge on any atom is -0.466 e. The first kappa shape index (κ1) is 23.5. The molecule has 0 radical (unpaired) electrons. The lowest BCUT2D eigenvalue weighted by molar-refractivity contribution is -0.143. The van der Waals surface area contributed by atoms with Crippen LogP contribution in [-0.2, 0) is 19.6 Å². The van der Waals surface area contributed by atoms with E-state index in [1.54, 1.807) is 36.1 Å². The summed E-state index contributed by atoms with van der Waals surface area (Å²) >= 11 is 0. The highest BCUT2D eigenvalue weighted by atomic mass is 32.2. The van der Waals surface area contributed by atoms with E-state index in [0.717, 1.165) is 25.9 Å². The molecule has 8 nitrogen and oxygen atoms in total. The van der Waals surface area contributed by atoms with E-state index in [0.29, 0.717) is 43.9 Å². The van der Waals surface area contributed by atoms with Crippen LogP contribution in [0.25, 0.3) is 0 Å². The highest BCUT2D eigenvalue weighted by Gasteiger charge is 2.30. The van der Waals surface area contributed by atoms with E-state index in [1.807, 2.05) is 0 Å². The molecule has 3 rings (SSSR count). The fourth-order valence-corrected chi connectivity index (χ4v) is 5.95. The number of carbonyl (C=O) groups is 2. The lowest BCUT2D eigenvalue weighted by Crippen LogP contribution is -2.44. The molecule has 172 valence electrons. The van der Waals surface area contributed by atoms with Crippen molar-refractivity contribution in [1.29, 1.82) is 0 Å². The highest BCUT2D eigenvalue weighted by molar-refractivity contribution is 7.93. The number of ether oxygens (including phenoxy) is 1. The van der Waals surface area contributed by atoms with Crippen LogP contribution in [0.15, 0.2) is 24.3 Å². The topological polar surface area (TPSA) is 87.2 Å². The molecule has 2 heterocycles. The maximum atomic E-state index is 13.3. The van der Waals surface area contributed by atoms with E-state index in [4.69, 9.17) is 4.74 Å². The Hall–Kier alpha value is -2.13. The third-order valence-corrected chi connectivity index (χ3v) is 7.89. The predicted octanol–water partition coefficient (Wildman–Crippen LogP) is 2.11. The zero-order chi connectivity index (χ0) is 22.4. The summed E-state index contributed by atoms with van der Waals surface area (Å²) in [5.41, 5.74) is 1.07. The third-order valence-electron chi connectivity index (χ3n) is 6.02. The van der Waals surface area contributed by atoms with Gasteiger partial charge in [0, 0.05) is 31.2 Å². The lowest BCUT2D eigenvalue weighted by atomic mass is 10.1. The Morgan fingerprint density at radius 1 is 1.13 bits per heavy atom. The number of benzene rings is 1. The van der Waals surface area contributed by atoms with E-state index in [9.17, 15) is 18.0 Å². The van der Waals surface area contributed by atoms with Gasteiger partial charge in [-0.3, -0.25) is 18.8 Å². The largest absolute Gasteiger partial charge is 0.466 e. The number of esters is 1. The molecule has 0 aromatic heterocycles. The normalized spacial score (nSPS) is 20.7. The Balaban J connectivity index is 1.74. The van der Waals surface area contributed by atoms with Gasteiger partial charge in [0.05, 0.1) is 24.5 Å². The van der Waals surface area contributed by atoms with Crippen LogP contribution in [0.5, 0.6) is 0 Å². The van der Waals surface area contributed by atoms with Crippen molar-refractivity contribution in [2.24, 2.45) is 0 Å². The first-order chi connectivity index (χ1) is 14.9. The van der Waals surface area contributed by atoms with Gasteiger partial charge < -0.3 is 9.64 Å². The number of carbonyl (C=O) groups excluding carboxylic acids is 2. The molecule has 2 fully saturated rings. The molecule has 2 saturated heterocycles. The second-order valence-electron chi connectivity index (χ2n) is 8.02. The smallest absolute Gasteiger partial charge is 0.307 e. The van der Waals surface area contributed by atoms with Crippen molar-refractivity contribution in [3.63, 3.8) is 0 Å². The Kier molecular flexibility index (Phi) is 7.94. The van der Waals surface area contributed by atoms with Gasteiger partial charge in [0.15, 0.2) is 0 Å². The molecule has 0 N–H and O–H groups in total. The summed E-state index contributed by atoms with van der Waals surface area (Å²) in [6.07, 6.45) is 2.91. The standard InChI is InChI=1S/C22H33N3O5S/c1-3-23-13-5-7-20(23)17-24(15-12-21(26)30-4-2)22(27)18-8-10-19(11-9-18)25-14-6-16-31(25,28)29/h8-11,20H,3-7,12-17H2,1-2H3/t20-/m0/s1. The summed E-state index contributed by atoms with van der Waals surface area (Å²) in [6.45, 7) is 7.50. The molecule has 1 aromatic carbocycles. The van der Waals surface area contributed by atoms with Gasteiger partial charge in [-0.15, -0.1) is 0 Å². The average Bonchev–Trinajstić information content (AvgIpc) is 3.35. The maximum Gasteiger partial charge on any atom is 0.307 e. The summed E-state index contributed by atoms with van der Waals surface area (Å²) in [7, 11) is -3.26. The number of likely N-dealkylation sites (tertiary alicyclic amines) is 1. The molecule has 1 amide bonds. The van der Waals surface area contributed by atoms with Gasteiger partial charge in [0.25, 0.3) is 5.91 Å². The minimum atomic E-state index is -3.26. The molecule has 9 heteroatoms. The quantitative estimate of drug-likeness (QED) is 0.535. The zero-order valence-corrected chi connectivity index (χ0v) is 19.3. The van der Waals surface area contributed by atoms with Crippen LogP contribution in [0, 0.1) is 0 Å². The van der Waals surface area contributed by atoms with E-state index < -0.39 is 10.0 Å². The van der Waals surface area contributed by atoms with Gasteiger partial charge in [0.2, 0.25) is 10.0 Å². The van der Waals surface area contributed by atoms with Gasteiger partial charge in [-0.1, -0.05) is 6.92 Å². The third kappa shape index (κ3) is 5.77. The minimum absolute atomic E-state index is 0.150. The first-order valence-corrected chi connectivity index (χ1v) is 12.8. The Bertz CT molecular complexity index is 872. The second kappa shape index (κ2) is 10.5. The van der Waals surface area contributed by atoms with Crippen LogP contribution >= 0.6 is 0 Å². The molecular formula is C22H33N3O5S. The van der Waals surface area contributed by atoms with Gasteiger partial charge in [-0.2, -0.15) is 0 Å². The summed E-state index contributed by atoms with van der Waals surface area (Å²) in [4.78, 5) is 29.3. The maximum absolute atomic E-state index is 13.3. The zero-order valence-electron chi connectivity index (χ0n) is 18.5. The van der Waals surface area contributed by atoms with E-state index >= 15 is 0 Å². The molecule has 31 heavy (non-hydrogen) atoms.